The molecule has 0 aromatic heterocycles. The van der Waals surface area contributed by atoms with Crippen molar-refractivity contribution in [3.05, 3.63) is 57.6 Å². The molecule has 1 atom stereocenters. The Morgan fingerprint density at radius 2 is 1.64 bits per heavy atom. The fourth-order valence-corrected chi connectivity index (χ4v) is 3.21. The van der Waals surface area contributed by atoms with Crippen molar-refractivity contribution >= 4 is 35.1 Å². The summed E-state index contributed by atoms with van der Waals surface area (Å²) in [5.41, 5.74) is 1.19. The average Bonchev–Trinajstić information content (AvgIpc) is 2.69. The number of carbonyl (C=O) groups is 2. The highest BCUT2D eigenvalue weighted by Crippen LogP contribution is 2.31. The van der Waals surface area contributed by atoms with Crippen LogP contribution < -0.4 is 14.8 Å². The molecule has 2 aromatic rings. The predicted molar refractivity (Wildman–Crippen MR) is 107 cm³/mol. The van der Waals surface area contributed by atoms with Gasteiger partial charge in [-0.3, -0.25) is 9.59 Å². The monoisotopic (exact) mass is 425 g/mol. The number of ether oxygens (including phenoxy) is 3. The van der Waals surface area contributed by atoms with E-state index >= 15 is 0 Å². The van der Waals surface area contributed by atoms with Crippen LogP contribution >= 0.6 is 23.2 Å². The molecule has 0 radical (unpaired) electrons. The highest BCUT2D eigenvalue weighted by atomic mass is 35.5. The van der Waals surface area contributed by atoms with Gasteiger partial charge in [0, 0.05) is 10.0 Å². The zero-order valence-electron chi connectivity index (χ0n) is 15.8. The topological polar surface area (TPSA) is 73.9 Å². The number of methoxy groups -OCH3 is 3. The number of rotatable bonds is 8. The fraction of sp³-hybridized carbons (Fsp3) is 0.300. The maximum absolute atomic E-state index is 12.6. The van der Waals surface area contributed by atoms with Crippen LogP contribution in [0, 0.1) is 0 Å². The van der Waals surface area contributed by atoms with Gasteiger partial charge < -0.3 is 19.5 Å². The zero-order chi connectivity index (χ0) is 20.7. The molecule has 28 heavy (non-hydrogen) atoms. The second-order valence-electron chi connectivity index (χ2n) is 5.89. The normalized spacial score (nSPS) is 11.5. The standard InChI is InChI=1S/C20H21Cl2NO5/c1-26-17-8-7-12(9-18(17)27-2)16(11-20(25)28-3)23-19(24)10-13-14(21)5-4-6-15(13)22/h4-9,16H,10-11H2,1-3H3,(H,23,24). The van der Waals surface area contributed by atoms with Gasteiger partial charge >= 0.3 is 5.97 Å². The maximum Gasteiger partial charge on any atom is 0.307 e. The molecule has 6 nitrogen and oxygen atoms in total. The molecule has 0 aliphatic heterocycles. The second-order valence-corrected chi connectivity index (χ2v) is 6.71. The first-order valence-corrected chi connectivity index (χ1v) is 9.16. The first-order chi connectivity index (χ1) is 13.4. The van der Waals surface area contributed by atoms with E-state index in [9.17, 15) is 9.59 Å². The molecule has 0 heterocycles. The number of hydrogen-bond acceptors (Lipinski definition) is 5. The van der Waals surface area contributed by atoms with Crippen LogP contribution in [0.15, 0.2) is 36.4 Å². The van der Waals surface area contributed by atoms with E-state index in [4.69, 9.17) is 37.4 Å². The van der Waals surface area contributed by atoms with Crippen LogP contribution in [0.1, 0.15) is 23.6 Å². The first kappa shape index (κ1) is 21.9. The second kappa shape index (κ2) is 10.2. The van der Waals surface area contributed by atoms with Gasteiger partial charge in [-0.15, -0.1) is 0 Å². The molecule has 1 unspecified atom stereocenters. The van der Waals surface area contributed by atoms with Crippen molar-refractivity contribution in [2.75, 3.05) is 21.3 Å². The van der Waals surface area contributed by atoms with E-state index < -0.39 is 12.0 Å². The van der Waals surface area contributed by atoms with Gasteiger partial charge in [0.2, 0.25) is 5.91 Å². The number of nitrogens with one attached hydrogen (secondary N) is 1. The molecule has 1 amide bonds. The lowest BCUT2D eigenvalue weighted by Gasteiger charge is -2.20. The van der Waals surface area contributed by atoms with Gasteiger partial charge in [-0.2, -0.15) is 0 Å². The first-order valence-electron chi connectivity index (χ1n) is 8.40. The zero-order valence-corrected chi connectivity index (χ0v) is 17.3. The molecule has 2 aromatic carbocycles. The molecule has 0 saturated carbocycles. The molecular weight excluding hydrogens is 405 g/mol. The molecule has 150 valence electrons. The lowest BCUT2D eigenvalue weighted by molar-refractivity contribution is -0.141. The number of benzene rings is 2. The Hall–Kier alpha value is -2.44. The lowest BCUT2D eigenvalue weighted by atomic mass is 10.0. The van der Waals surface area contributed by atoms with Gasteiger partial charge in [-0.25, -0.2) is 0 Å². The van der Waals surface area contributed by atoms with Gasteiger partial charge in [0.15, 0.2) is 11.5 Å². The summed E-state index contributed by atoms with van der Waals surface area (Å²) < 4.78 is 15.3. The highest BCUT2D eigenvalue weighted by Gasteiger charge is 2.21. The van der Waals surface area contributed by atoms with E-state index in [-0.39, 0.29) is 18.7 Å². The Bertz CT molecular complexity index is 836. The maximum atomic E-state index is 12.6. The smallest absolute Gasteiger partial charge is 0.307 e. The minimum absolute atomic E-state index is 0.0243. The van der Waals surface area contributed by atoms with Crippen molar-refractivity contribution in [3.8, 4) is 11.5 Å². The Labute approximate surface area is 173 Å². The summed E-state index contributed by atoms with van der Waals surface area (Å²) in [5.74, 6) is 0.227. The van der Waals surface area contributed by atoms with Crippen LogP contribution in [0.4, 0.5) is 0 Å². The van der Waals surface area contributed by atoms with Crippen LogP contribution in [-0.4, -0.2) is 33.2 Å². The van der Waals surface area contributed by atoms with Crippen molar-refractivity contribution in [2.45, 2.75) is 18.9 Å². The van der Waals surface area contributed by atoms with Crippen molar-refractivity contribution in [1.29, 1.82) is 0 Å². The SMILES string of the molecule is COC(=O)CC(NC(=O)Cc1c(Cl)cccc1Cl)c1ccc(OC)c(OC)c1. The third kappa shape index (κ3) is 5.53. The molecule has 2 rings (SSSR count). The third-order valence-corrected chi connectivity index (χ3v) is 4.85. The molecule has 0 fully saturated rings. The Kier molecular flexibility index (Phi) is 7.96. The summed E-state index contributed by atoms with van der Waals surface area (Å²) in [6, 6.07) is 9.56. The lowest BCUT2D eigenvalue weighted by Crippen LogP contribution is -2.31. The average molecular weight is 426 g/mol. The van der Waals surface area contributed by atoms with Crippen LogP contribution in [-0.2, 0) is 20.7 Å². The minimum Gasteiger partial charge on any atom is -0.493 e. The number of halogens is 2. The molecule has 8 heteroatoms. The Morgan fingerprint density at radius 3 is 2.21 bits per heavy atom. The van der Waals surface area contributed by atoms with Crippen LogP contribution in [0.2, 0.25) is 10.0 Å². The predicted octanol–water partition coefficient (Wildman–Crippen LogP) is 3.97. The van der Waals surface area contributed by atoms with Crippen molar-refractivity contribution in [2.24, 2.45) is 0 Å². The van der Waals surface area contributed by atoms with Crippen LogP contribution in [0.3, 0.4) is 0 Å². The van der Waals surface area contributed by atoms with Gasteiger partial charge in [0.25, 0.3) is 0 Å². The molecule has 0 saturated heterocycles. The summed E-state index contributed by atoms with van der Waals surface area (Å²) in [6.45, 7) is 0. The van der Waals surface area contributed by atoms with Crippen molar-refractivity contribution in [1.82, 2.24) is 5.32 Å². The largest absolute Gasteiger partial charge is 0.493 e. The quantitative estimate of drug-likeness (QED) is 0.647. The number of esters is 1. The molecule has 0 aliphatic rings. The number of carbonyl (C=O) groups excluding carboxylic acids is 2. The van der Waals surface area contributed by atoms with Crippen LogP contribution in [0.25, 0.3) is 0 Å². The van der Waals surface area contributed by atoms with Gasteiger partial charge in [0.05, 0.1) is 40.2 Å². The molecule has 0 aliphatic carbocycles. The van der Waals surface area contributed by atoms with E-state index in [1.165, 1.54) is 21.3 Å². The number of amides is 1. The summed E-state index contributed by atoms with van der Waals surface area (Å²) in [4.78, 5) is 24.5. The van der Waals surface area contributed by atoms with E-state index in [2.05, 4.69) is 5.32 Å². The summed E-state index contributed by atoms with van der Waals surface area (Å²) in [6.07, 6.45) is -0.0720. The number of hydrogen-bond donors (Lipinski definition) is 1. The van der Waals surface area contributed by atoms with Gasteiger partial charge in [-0.05, 0) is 35.4 Å². The Morgan fingerprint density at radius 1 is 1.00 bits per heavy atom. The van der Waals surface area contributed by atoms with E-state index in [1.807, 2.05) is 0 Å². The summed E-state index contributed by atoms with van der Waals surface area (Å²) >= 11 is 12.3. The molecule has 1 N–H and O–H groups in total. The minimum atomic E-state index is -0.624. The summed E-state index contributed by atoms with van der Waals surface area (Å²) in [5, 5.41) is 3.64. The fourth-order valence-electron chi connectivity index (χ4n) is 2.68. The van der Waals surface area contributed by atoms with E-state index in [0.717, 1.165) is 0 Å². The summed E-state index contributed by atoms with van der Waals surface area (Å²) in [7, 11) is 4.33. The molecular formula is C20H21Cl2NO5. The molecule has 0 spiro atoms. The molecule has 0 bridgehead atoms. The van der Waals surface area contributed by atoms with Crippen molar-refractivity contribution < 1.29 is 23.8 Å². The van der Waals surface area contributed by atoms with E-state index in [0.29, 0.717) is 32.7 Å². The highest BCUT2D eigenvalue weighted by molar-refractivity contribution is 6.36. The van der Waals surface area contributed by atoms with Crippen molar-refractivity contribution in [3.63, 3.8) is 0 Å². The third-order valence-electron chi connectivity index (χ3n) is 4.14. The van der Waals surface area contributed by atoms with E-state index in [1.54, 1.807) is 36.4 Å². The van der Waals surface area contributed by atoms with Gasteiger partial charge in [0.1, 0.15) is 0 Å². The van der Waals surface area contributed by atoms with Gasteiger partial charge in [-0.1, -0.05) is 35.3 Å². The van der Waals surface area contributed by atoms with Crippen LogP contribution in [0.5, 0.6) is 11.5 Å². The Balaban J connectivity index is 2.26.